The first-order chi connectivity index (χ1) is 8.87. The fourth-order valence-electron chi connectivity index (χ4n) is 2.03. The Labute approximate surface area is 122 Å². The average Bonchev–Trinajstić information content (AvgIpc) is 2.71. The number of morpholine rings is 1. The van der Waals surface area contributed by atoms with Gasteiger partial charge in [-0.15, -0.1) is 11.3 Å². The summed E-state index contributed by atoms with van der Waals surface area (Å²) in [4.78, 5) is 0.892. The van der Waals surface area contributed by atoms with Gasteiger partial charge in [0, 0.05) is 24.5 Å². The molecule has 0 spiro atoms. The molecule has 8 heteroatoms. The minimum absolute atomic E-state index is 0.0866. The molecule has 1 fully saturated rings. The van der Waals surface area contributed by atoms with E-state index in [4.69, 9.17) is 16.3 Å². The van der Waals surface area contributed by atoms with Crippen LogP contribution in [0.1, 0.15) is 18.7 Å². The smallest absolute Gasteiger partial charge is 0.279 e. The molecule has 1 saturated heterocycles. The Morgan fingerprint density at radius 2 is 2.05 bits per heavy atom. The van der Waals surface area contributed by atoms with E-state index in [0.29, 0.717) is 17.4 Å². The van der Waals surface area contributed by atoms with Crippen molar-refractivity contribution in [3.05, 3.63) is 21.3 Å². The van der Waals surface area contributed by atoms with E-state index in [1.54, 1.807) is 6.07 Å². The van der Waals surface area contributed by atoms with Crippen molar-refractivity contribution in [3.63, 3.8) is 0 Å². The Bertz CT molecular complexity index is 522. The third kappa shape index (κ3) is 4.14. The number of nitrogens with zero attached hydrogens (tertiary/aromatic N) is 1. The number of ether oxygens (including phenoxy) is 1. The van der Waals surface area contributed by atoms with Gasteiger partial charge < -0.3 is 4.74 Å². The van der Waals surface area contributed by atoms with Crippen molar-refractivity contribution in [1.82, 2.24) is 9.03 Å². The van der Waals surface area contributed by atoms with Gasteiger partial charge in [-0.05, 0) is 26.0 Å². The van der Waals surface area contributed by atoms with E-state index in [2.05, 4.69) is 4.72 Å². The molecule has 1 aromatic heterocycles. The second kappa shape index (κ2) is 6.07. The second-order valence-electron chi connectivity index (χ2n) is 4.61. The van der Waals surface area contributed by atoms with E-state index in [1.165, 1.54) is 15.6 Å². The highest BCUT2D eigenvalue weighted by Gasteiger charge is 2.30. The lowest BCUT2D eigenvalue weighted by atomic mass is 10.3. The summed E-state index contributed by atoms with van der Waals surface area (Å²) in [6.07, 6.45) is -0.173. The van der Waals surface area contributed by atoms with Crippen molar-refractivity contribution < 1.29 is 13.2 Å². The number of hydrogen-bond donors (Lipinski definition) is 1. The molecule has 0 saturated carbocycles. The van der Waals surface area contributed by atoms with Gasteiger partial charge in [0.2, 0.25) is 0 Å². The van der Waals surface area contributed by atoms with E-state index >= 15 is 0 Å². The molecule has 0 bridgehead atoms. The van der Waals surface area contributed by atoms with Crippen molar-refractivity contribution in [1.29, 1.82) is 0 Å². The molecule has 2 rings (SSSR count). The minimum atomic E-state index is -3.47. The Morgan fingerprint density at radius 3 is 2.58 bits per heavy atom. The molecule has 108 valence electrons. The molecule has 0 aromatic carbocycles. The molecule has 1 N–H and O–H groups in total. The van der Waals surface area contributed by atoms with Crippen LogP contribution >= 0.6 is 22.9 Å². The maximum Gasteiger partial charge on any atom is 0.279 e. The Balaban J connectivity index is 1.97. The highest BCUT2D eigenvalue weighted by molar-refractivity contribution is 7.87. The van der Waals surface area contributed by atoms with Crippen molar-refractivity contribution in [2.24, 2.45) is 0 Å². The summed E-state index contributed by atoms with van der Waals surface area (Å²) < 4.78 is 34.6. The second-order valence-corrected chi connectivity index (χ2v) is 8.16. The summed E-state index contributed by atoms with van der Waals surface area (Å²) in [6.45, 7) is 4.77. The molecule has 0 radical (unpaired) electrons. The summed E-state index contributed by atoms with van der Waals surface area (Å²) in [5.74, 6) is 0. The fourth-order valence-corrected chi connectivity index (χ4v) is 4.48. The van der Waals surface area contributed by atoms with Crippen molar-refractivity contribution in [2.45, 2.75) is 32.6 Å². The molecule has 2 heterocycles. The van der Waals surface area contributed by atoms with Crippen LogP contribution in [0.4, 0.5) is 0 Å². The van der Waals surface area contributed by atoms with E-state index in [1.807, 2.05) is 19.9 Å². The molecule has 1 aliphatic heterocycles. The molecule has 2 atom stereocenters. The summed E-state index contributed by atoms with van der Waals surface area (Å²) in [7, 11) is -3.47. The average molecular weight is 325 g/mol. The highest BCUT2D eigenvalue weighted by Crippen LogP contribution is 2.21. The normalized spacial score (nSPS) is 25.6. The number of thiophene rings is 1. The molecule has 1 aromatic rings. The zero-order valence-electron chi connectivity index (χ0n) is 10.8. The first-order valence-electron chi connectivity index (χ1n) is 6.01. The lowest BCUT2D eigenvalue weighted by Crippen LogP contribution is -2.51. The Kier molecular flexibility index (Phi) is 4.86. The Hall–Kier alpha value is -0.180. The maximum atomic E-state index is 12.2. The van der Waals surface area contributed by atoms with Gasteiger partial charge in [-0.25, -0.2) is 0 Å². The zero-order valence-corrected chi connectivity index (χ0v) is 13.2. The van der Waals surface area contributed by atoms with Gasteiger partial charge in [-0.1, -0.05) is 11.6 Å². The van der Waals surface area contributed by atoms with Crippen LogP contribution in [0, 0.1) is 0 Å². The molecular weight excluding hydrogens is 308 g/mol. The third-order valence-electron chi connectivity index (χ3n) is 2.78. The molecule has 0 amide bonds. The van der Waals surface area contributed by atoms with E-state index in [9.17, 15) is 8.42 Å². The van der Waals surface area contributed by atoms with Crippen LogP contribution in [0.25, 0.3) is 0 Å². The first kappa shape index (κ1) is 15.2. The van der Waals surface area contributed by atoms with Crippen molar-refractivity contribution >= 4 is 33.1 Å². The standard InChI is InChI=1S/C11H17ClN2O3S2/c1-8-6-14(7-9(2)17-8)19(15,16)13-5-10-3-4-11(12)18-10/h3-4,8-9,13H,5-7H2,1-2H3. The van der Waals surface area contributed by atoms with Gasteiger partial charge in [-0.3, -0.25) is 0 Å². The number of hydrogen-bond acceptors (Lipinski definition) is 4. The van der Waals surface area contributed by atoms with E-state index < -0.39 is 10.2 Å². The predicted octanol–water partition coefficient (Wildman–Crippen LogP) is 1.85. The number of rotatable bonds is 4. The van der Waals surface area contributed by atoms with Crippen LogP contribution in [0.5, 0.6) is 0 Å². The predicted molar refractivity (Wildman–Crippen MR) is 76.7 cm³/mol. The molecular formula is C11H17ClN2O3S2. The van der Waals surface area contributed by atoms with E-state index in [0.717, 1.165) is 4.88 Å². The third-order valence-corrected chi connectivity index (χ3v) is 5.50. The van der Waals surface area contributed by atoms with Crippen LogP contribution in [0.15, 0.2) is 12.1 Å². The van der Waals surface area contributed by atoms with Crippen LogP contribution < -0.4 is 4.72 Å². The van der Waals surface area contributed by atoms with Crippen LogP contribution in [0.2, 0.25) is 4.34 Å². The fraction of sp³-hybridized carbons (Fsp3) is 0.636. The first-order valence-corrected chi connectivity index (χ1v) is 8.64. The summed E-state index contributed by atoms with van der Waals surface area (Å²) in [6, 6.07) is 3.58. The summed E-state index contributed by atoms with van der Waals surface area (Å²) in [5, 5.41) is 0. The maximum absolute atomic E-state index is 12.2. The lowest BCUT2D eigenvalue weighted by Gasteiger charge is -2.34. The van der Waals surface area contributed by atoms with Gasteiger partial charge >= 0.3 is 0 Å². The summed E-state index contributed by atoms with van der Waals surface area (Å²) in [5.41, 5.74) is 0. The lowest BCUT2D eigenvalue weighted by molar-refractivity contribution is -0.0444. The van der Waals surface area contributed by atoms with Crippen LogP contribution in [-0.2, 0) is 21.5 Å². The van der Waals surface area contributed by atoms with Crippen molar-refractivity contribution in [2.75, 3.05) is 13.1 Å². The van der Waals surface area contributed by atoms with Gasteiger partial charge in [0.15, 0.2) is 0 Å². The van der Waals surface area contributed by atoms with Crippen LogP contribution in [-0.4, -0.2) is 38.0 Å². The van der Waals surface area contributed by atoms with Crippen LogP contribution in [0.3, 0.4) is 0 Å². The van der Waals surface area contributed by atoms with Gasteiger partial charge in [0.25, 0.3) is 10.2 Å². The topological polar surface area (TPSA) is 58.6 Å². The quantitative estimate of drug-likeness (QED) is 0.919. The van der Waals surface area contributed by atoms with E-state index in [-0.39, 0.29) is 18.8 Å². The molecule has 5 nitrogen and oxygen atoms in total. The van der Waals surface area contributed by atoms with Crippen molar-refractivity contribution in [3.8, 4) is 0 Å². The minimum Gasteiger partial charge on any atom is -0.373 e. The molecule has 0 aliphatic carbocycles. The van der Waals surface area contributed by atoms with Gasteiger partial charge in [0.1, 0.15) is 0 Å². The highest BCUT2D eigenvalue weighted by atomic mass is 35.5. The van der Waals surface area contributed by atoms with Gasteiger partial charge in [-0.2, -0.15) is 17.4 Å². The largest absolute Gasteiger partial charge is 0.373 e. The molecule has 2 unspecified atom stereocenters. The number of nitrogens with one attached hydrogen (secondary N) is 1. The zero-order chi connectivity index (χ0) is 14.0. The molecule has 19 heavy (non-hydrogen) atoms. The number of halogens is 1. The molecule has 1 aliphatic rings. The Morgan fingerprint density at radius 1 is 1.42 bits per heavy atom. The SMILES string of the molecule is CC1CN(S(=O)(=O)NCc2ccc(Cl)s2)CC(C)O1. The summed E-state index contributed by atoms with van der Waals surface area (Å²) >= 11 is 7.18. The van der Waals surface area contributed by atoms with Gasteiger partial charge in [0.05, 0.1) is 16.5 Å². The monoisotopic (exact) mass is 324 g/mol.